The van der Waals surface area contributed by atoms with Crippen molar-refractivity contribution in [1.29, 1.82) is 0 Å². The zero-order valence-corrected chi connectivity index (χ0v) is 13.6. The fourth-order valence-corrected chi connectivity index (χ4v) is 2.76. The van der Waals surface area contributed by atoms with Crippen LogP contribution >= 0.6 is 0 Å². The molecule has 122 valence electrons. The second-order valence-electron chi connectivity index (χ2n) is 5.80. The summed E-state index contributed by atoms with van der Waals surface area (Å²) in [7, 11) is 0. The molecule has 1 N–H and O–H groups in total. The quantitative estimate of drug-likeness (QED) is 0.728. The van der Waals surface area contributed by atoms with Crippen LogP contribution in [0.5, 0.6) is 5.75 Å². The summed E-state index contributed by atoms with van der Waals surface area (Å²) in [6, 6.07) is 21.5. The molecule has 0 bridgehead atoms. The highest BCUT2D eigenvalue weighted by atomic mass is 16.5. The van der Waals surface area contributed by atoms with Crippen molar-refractivity contribution in [3.05, 3.63) is 77.9 Å². The van der Waals surface area contributed by atoms with E-state index in [1.54, 1.807) is 0 Å². The van der Waals surface area contributed by atoms with E-state index in [1.807, 2.05) is 66.7 Å². The predicted octanol–water partition coefficient (Wildman–Crippen LogP) is 4.48. The van der Waals surface area contributed by atoms with Gasteiger partial charge >= 0.3 is 5.97 Å². The number of aliphatic carboxylic acids is 1. The van der Waals surface area contributed by atoms with Crippen LogP contribution in [0.15, 0.2) is 66.7 Å². The number of fused-ring (bicyclic) bond motifs is 1. The average Bonchev–Trinajstić information content (AvgIpc) is 2.62. The van der Waals surface area contributed by atoms with Crippen LogP contribution in [0, 0.1) is 0 Å². The van der Waals surface area contributed by atoms with E-state index < -0.39 is 12.1 Å². The monoisotopic (exact) mass is 320 g/mol. The minimum atomic E-state index is -0.956. The number of hydrogen-bond donors (Lipinski definition) is 1. The van der Waals surface area contributed by atoms with Gasteiger partial charge in [-0.1, -0.05) is 67.6 Å². The van der Waals surface area contributed by atoms with Gasteiger partial charge in [0.05, 0.1) is 0 Å². The smallest absolute Gasteiger partial charge is 0.345 e. The first-order valence-corrected chi connectivity index (χ1v) is 8.12. The Morgan fingerprint density at radius 1 is 0.958 bits per heavy atom. The van der Waals surface area contributed by atoms with Gasteiger partial charge in [0.1, 0.15) is 5.75 Å². The molecule has 0 heterocycles. The summed E-state index contributed by atoms with van der Waals surface area (Å²) in [5.74, 6) is -0.354. The third-order valence-corrected chi connectivity index (χ3v) is 4.15. The molecular formula is C21H20O3. The SMILES string of the molecule is CCc1ccc(C[C@@H](Oc2cccc3ccccc23)C(=O)O)cc1. The molecule has 1 atom stereocenters. The fraction of sp³-hybridized carbons (Fsp3) is 0.190. The molecule has 0 radical (unpaired) electrons. The van der Waals surface area contributed by atoms with Crippen molar-refractivity contribution in [3.8, 4) is 5.75 Å². The molecule has 3 rings (SSSR count). The lowest BCUT2D eigenvalue weighted by Crippen LogP contribution is -2.29. The normalized spacial score (nSPS) is 12.0. The summed E-state index contributed by atoms with van der Waals surface area (Å²) in [6.07, 6.45) is 0.390. The van der Waals surface area contributed by atoms with Gasteiger partial charge in [-0.05, 0) is 29.0 Å². The molecule has 0 aromatic heterocycles. The molecule has 0 aliphatic carbocycles. The second kappa shape index (κ2) is 7.18. The van der Waals surface area contributed by atoms with Crippen molar-refractivity contribution in [3.63, 3.8) is 0 Å². The van der Waals surface area contributed by atoms with Crippen molar-refractivity contribution < 1.29 is 14.6 Å². The van der Waals surface area contributed by atoms with Crippen LogP contribution in [0.3, 0.4) is 0 Å². The van der Waals surface area contributed by atoms with Crippen molar-refractivity contribution in [2.45, 2.75) is 25.9 Å². The molecule has 0 unspecified atom stereocenters. The molecule has 3 heteroatoms. The molecule has 3 aromatic carbocycles. The maximum absolute atomic E-state index is 11.6. The lowest BCUT2D eigenvalue weighted by Gasteiger charge is -2.17. The molecule has 0 aliphatic heterocycles. The Labute approximate surface area is 141 Å². The topological polar surface area (TPSA) is 46.5 Å². The Hall–Kier alpha value is -2.81. The summed E-state index contributed by atoms with van der Waals surface area (Å²) in [6.45, 7) is 2.10. The molecular weight excluding hydrogens is 300 g/mol. The molecule has 24 heavy (non-hydrogen) atoms. The number of carboxylic acids is 1. The van der Waals surface area contributed by atoms with Crippen molar-refractivity contribution >= 4 is 16.7 Å². The highest BCUT2D eigenvalue weighted by Gasteiger charge is 2.21. The number of ether oxygens (including phenoxy) is 1. The van der Waals surface area contributed by atoms with Crippen LogP contribution in [0.2, 0.25) is 0 Å². The van der Waals surface area contributed by atoms with E-state index >= 15 is 0 Å². The summed E-state index contributed by atoms with van der Waals surface area (Å²) in [5, 5.41) is 11.5. The first-order chi connectivity index (χ1) is 11.7. The van der Waals surface area contributed by atoms with Gasteiger partial charge in [-0.2, -0.15) is 0 Å². The highest BCUT2D eigenvalue weighted by molar-refractivity contribution is 5.88. The van der Waals surface area contributed by atoms with E-state index in [-0.39, 0.29) is 0 Å². The molecule has 3 aromatic rings. The highest BCUT2D eigenvalue weighted by Crippen LogP contribution is 2.26. The van der Waals surface area contributed by atoms with E-state index in [4.69, 9.17) is 4.74 Å². The van der Waals surface area contributed by atoms with Crippen LogP contribution in [-0.4, -0.2) is 17.2 Å². The van der Waals surface area contributed by atoms with Gasteiger partial charge in [-0.25, -0.2) is 4.79 Å². The largest absolute Gasteiger partial charge is 0.478 e. The minimum absolute atomic E-state index is 0.336. The zero-order chi connectivity index (χ0) is 16.9. The van der Waals surface area contributed by atoms with Crippen LogP contribution in [-0.2, 0) is 17.6 Å². The van der Waals surface area contributed by atoms with Gasteiger partial charge in [0, 0.05) is 11.8 Å². The number of hydrogen-bond acceptors (Lipinski definition) is 2. The van der Waals surface area contributed by atoms with Gasteiger partial charge in [0.15, 0.2) is 6.10 Å². The molecule has 0 aliphatic rings. The van der Waals surface area contributed by atoms with Gasteiger partial charge in [0.25, 0.3) is 0 Å². The number of aryl methyl sites for hydroxylation is 1. The van der Waals surface area contributed by atoms with E-state index in [2.05, 4.69) is 6.92 Å². The molecule has 0 fully saturated rings. The van der Waals surface area contributed by atoms with E-state index in [1.165, 1.54) is 5.56 Å². The number of carbonyl (C=O) groups is 1. The summed E-state index contributed by atoms with van der Waals surface area (Å²) < 4.78 is 5.85. The van der Waals surface area contributed by atoms with Crippen LogP contribution in [0.25, 0.3) is 10.8 Å². The number of rotatable bonds is 6. The number of carboxylic acid groups (broad SMARTS) is 1. The summed E-state index contributed by atoms with van der Waals surface area (Å²) >= 11 is 0. The van der Waals surface area contributed by atoms with Crippen LogP contribution in [0.4, 0.5) is 0 Å². The van der Waals surface area contributed by atoms with Gasteiger partial charge < -0.3 is 9.84 Å². The Morgan fingerprint density at radius 2 is 1.62 bits per heavy atom. The fourth-order valence-electron chi connectivity index (χ4n) is 2.76. The third-order valence-electron chi connectivity index (χ3n) is 4.15. The molecule has 0 saturated carbocycles. The maximum Gasteiger partial charge on any atom is 0.345 e. The molecule has 0 amide bonds. The zero-order valence-electron chi connectivity index (χ0n) is 13.6. The molecule has 0 spiro atoms. The van der Waals surface area contributed by atoms with Crippen molar-refractivity contribution in [2.75, 3.05) is 0 Å². The molecule has 3 nitrogen and oxygen atoms in total. The summed E-state index contributed by atoms with van der Waals surface area (Å²) in [4.78, 5) is 11.6. The lowest BCUT2D eigenvalue weighted by atomic mass is 10.0. The maximum atomic E-state index is 11.6. The van der Waals surface area contributed by atoms with Crippen LogP contribution in [0.1, 0.15) is 18.1 Å². The Morgan fingerprint density at radius 3 is 2.33 bits per heavy atom. The van der Waals surface area contributed by atoms with Crippen molar-refractivity contribution in [2.24, 2.45) is 0 Å². The minimum Gasteiger partial charge on any atom is -0.478 e. The van der Waals surface area contributed by atoms with Crippen LogP contribution < -0.4 is 4.74 Å². The molecule has 0 saturated heterocycles. The Kier molecular flexibility index (Phi) is 4.80. The van der Waals surface area contributed by atoms with E-state index in [0.717, 1.165) is 22.8 Å². The second-order valence-corrected chi connectivity index (χ2v) is 5.80. The van der Waals surface area contributed by atoms with Gasteiger partial charge in [-0.15, -0.1) is 0 Å². The average molecular weight is 320 g/mol. The third kappa shape index (κ3) is 3.57. The Bertz CT molecular complexity index is 832. The standard InChI is InChI=1S/C21H20O3/c1-2-15-10-12-16(13-11-15)14-20(21(22)23)24-19-9-5-7-17-6-3-4-8-18(17)19/h3-13,20H,2,14H2,1H3,(H,22,23)/t20-/m1/s1. The van der Waals surface area contributed by atoms with Crippen molar-refractivity contribution in [1.82, 2.24) is 0 Å². The first kappa shape index (κ1) is 16.1. The van der Waals surface area contributed by atoms with E-state index in [0.29, 0.717) is 12.2 Å². The predicted molar refractivity (Wildman–Crippen MR) is 95.5 cm³/mol. The first-order valence-electron chi connectivity index (χ1n) is 8.12. The lowest BCUT2D eigenvalue weighted by molar-refractivity contribution is -0.144. The van der Waals surface area contributed by atoms with Gasteiger partial charge in [0.2, 0.25) is 0 Å². The summed E-state index contributed by atoms with van der Waals surface area (Å²) in [5.41, 5.74) is 2.19. The van der Waals surface area contributed by atoms with Gasteiger partial charge in [-0.3, -0.25) is 0 Å². The van der Waals surface area contributed by atoms with E-state index in [9.17, 15) is 9.90 Å². The number of benzene rings is 3. The Balaban J connectivity index is 1.84.